The number of nitrogens with two attached hydrogens (primary N) is 1. The molecule has 1 heterocycles. The van der Waals surface area contributed by atoms with E-state index in [1.807, 2.05) is 0 Å². The molecule has 108 valence electrons. The number of nitrogens with one attached hydrogen (secondary N) is 1. The summed E-state index contributed by atoms with van der Waals surface area (Å²) in [5.74, 6) is 0.830. The minimum atomic E-state index is -3.43. The minimum Gasteiger partial charge on any atom is -0.492 e. The van der Waals surface area contributed by atoms with Crippen LogP contribution in [0.5, 0.6) is 5.75 Å². The summed E-state index contributed by atoms with van der Waals surface area (Å²) >= 11 is 0. The molecule has 0 unspecified atom stereocenters. The maximum absolute atomic E-state index is 11.7. The number of ether oxygens (including phenoxy) is 1. The Morgan fingerprint density at radius 1 is 1.35 bits per heavy atom. The van der Waals surface area contributed by atoms with E-state index in [-0.39, 0.29) is 18.9 Å². The van der Waals surface area contributed by atoms with Crippen molar-refractivity contribution in [3.63, 3.8) is 0 Å². The van der Waals surface area contributed by atoms with Gasteiger partial charge in [-0.2, -0.15) is 0 Å². The van der Waals surface area contributed by atoms with Crippen LogP contribution in [0.25, 0.3) is 0 Å². The van der Waals surface area contributed by atoms with Crippen molar-refractivity contribution in [3.05, 3.63) is 42.3 Å². The Bertz CT molecular complexity index is 640. The molecular formula is C12H15N3O4S. The Balaban J connectivity index is 1.77. The number of sulfonamides is 1. The molecule has 0 saturated carbocycles. The van der Waals surface area contributed by atoms with Crippen LogP contribution in [0.2, 0.25) is 0 Å². The lowest BCUT2D eigenvalue weighted by Gasteiger charge is -2.08. The van der Waals surface area contributed by atoms with Crippen LogP contribution in [0, 0.1) is 0 Å². The molecule has 2 rings (SSSR count). The lowest BCUT2D eigenvalue weighted by molar-refractivity contribution is 0.340. The normalized spacial score (nSPS) is 11.4. The molecule has 0 radical (unpaired) electrons. The standard InChI is InChI=1S/C12H15N3O4S/c13-10-2-1-3-11(8-10)18-6-7-20(16,17)15-9-12-4-5-14-19-12/h1-5,8,15H,6-7,9,13H2. The number of benzene rings is 1. The third-order valence-corrected chi connectivity index (χ3v) is 3.72. The monoisotopic (exact) mass is 297 g/mol. The second-order valence-electron chi connectivity index (χ2n) is 4.04. The second kappa shape index (κ2) is 6.40. The van der Waals surface area contributed by atoms with Crippen molar-refractivity contribution in [1.29, 1.82) is 0 Å². The molecule has 0 aliphatic rings. The fourth-order valence-electron chi connectivity index (χ4n) is 1.46. The van der Waals surface area contributed by atoms with E-state index in [4.69, 9.17) is 15.0 Å². The van der Waals surface area contributed by atoms with Gasteiger partial charge in [-0.05, 0) is 12.1 Å². The van der Waals surface area contributed by atoms with Gasteiger partial charge in [0.15, 0.2) is 5.76 Å². The largest absolute Gasteiger partial charge is 0.492 e. The first kappa shape index (κ1) is 14.4. The van der Waals surface area contributed by atoms with Gasteiger partial charge >= 0.3 is 0 Å². The maximum atomic E-state index is 11.7. The highest BCUT2D eigenvalue weighted by Crippen LogP contribution is 2.14. The number of rotatable bonds is 7. The van der Waals surface area contributed by atoms with Gasteiger partial charge in [-0.15, -0.1) is 0 Å². The van der Waals surface area contributed by atoms with Crippen molar-refractivity contribution in [2.75, 3.05) is 18.1 Å². The molecule has 0 saturated heterocycles. The van der Waals surface area contributed by atoms with Crippen LogP contribution >= 0.6 is 0 Å². The van der Waals surface area contributed by atoms with E-state index in [2.05, 4.69) is 9.88 Å². The van der Waals surface area contributed by atoms with Gasteiger partial charge in [-0.1, -0.05) is 11.2 Å². The Morgan fingerprint density at radius 3 is 2.90 bits per heavy atom. The minimum absolute atomic E-state index is 0.0369. The number of hydrogen-bond donors (Lipinski definition) is 2. The van der Waals surface area contributed by atoms with Crippen molar-refractivity contribution in [3.8, 4) is 5.75 Å². The van der Waals surface area contributed by atoms with Crippen molar-refractivity contribution < 1.29 is 17.7 Å². The summed E-state index contributed by atoms with van der Waals surface area (Å²) in [6.07, 6.45) is 1.45. The second-order valence-corrected chi connectivity index (χ2v) is 5.97. The highest BCUT2D eigenvalue weighted by molar-refractivity contribution is 7.89. The first-order chi connectivity index (χ1) is 9.55. The fraction of sp³-hybridized carbons (Fsp3) is 0.250. The van der Waals surface area contributed by atoms with Crippen LogP contribution in [0.15, 0.2) is 41.1 Å². The van der Waals surface area contributed by atoms with E-state index in [0.717, 1.165) is 0 Å². The van der Waals surface area contributed by atoms with Crippen molar-refractivity contribution in [2.45, 2.75) is 6.54 Å². The molecule has 2 aromatic rings. The molecule has 1 aromatic heterocycles. The van der Waals surface area contributed by atoms with Crippen LogP contribution in [-0.2, 0) is 16.6 Å². The summed E-state index contributed by atoms with van der Waals surface area (Å²) in [4.78, 5) is 0. The first-order valence-corrected chi connectivity index (χ1v) is 7.56. The molecule has 7 nitrogen and oxygen atoms in total. The lowest BCUT2D eigenvalue weighted by Crippen LogP contribution is -2.28. The van der Waals surface area contributed by atoms with E-state index >= 15 is 0 Å². The zero-order valence-corrected chi connectivity index (χ0v) is 11.5. The summed E-state index contributed by atoms with van der Waals surface area (Å²) in [5, 5.41) is 3.49. The smallest absolute Gasteiger partial charge is 0.215 e. The Hall–Kier alpha value is -2.06. The first-order valence-electron chi connectivity index (χ1n) is 5.90. The molecule has 0 fully saturated rings. The molecule has 8 heteroatoms. The summed E-state index contributed by atoms with van der Waals surface area (Å²) in [6, 6.07) is 8.40. The lowest BCUT2D eigenvalue weighted by atomic mass is 10.3. The fourth-order valence-corrected chi connectivity index (χ4v) is 2.27. The number of nitrogens with zero attached hydrogens (tertiary/aromatic N) is 1. The molecule has 0 aliphatic carbocycles. The molecule has 3 N–H and O–H groups in total. The molecular weight excluding hydrogens is 282 g/mol. The van der Waals surface area contributed by atoms with Gasteiger partial charge in [0.25, 0.3) is 0 Å². The van der Waals surface area contributed by atoms with Crippen molar-refractivity contribution in [1.82, 2.24) is 9.88 Å². The van der Waals surface area contributed by atoms with Gasteiger partial charge in [0, 0.05) is 17.8 Å². The predicted molar refractivity (Wildman–Crippen MR) is 73.5 cm³/mol. The van der Waals surface area contributed by atoms with E-state index in [0.29, 0.717) is 17.2 Å². The molecule has 20 heavy (non-hydrogen) atoms. The zero-order chi connectivity index (χ0) is 14.4. The van der Waals surface area contributed by atoms with E-state index in [1.54, 1.807) is 30.3 Å². The predicted octanol–water partition coefficient (Wildman–Crippen LogP) is 0.755. The van der Waals surface area contributed by atoms with Crippen molar-refractivity contribution >= 4 is 15.7 Å². The molecule has 0 aliphatic heterocycles. The molecule has 0 amide bonds. The number of hydrogen-bond acceptors (Lipinski definition) is 6. The molecule has 0 bridgehead atoms. The Labute approximate surface area is 116 Å². The van der Waals surface area contributed by atoms with Crippen LogP contribution in [0.3, 0.4) is 0 Å². The van der Waals surface area contributed by atoms with Crippen LogP contribution < -0.4 is 15.2 Å². The van der Waals surface area contributed by atoms with Crippen LogP contribution in [0.1, 0.15) is 5.76 Å². The maximum Gasteiger partial charge on any atom is 0.215 e. The third-order valence-electron chi connectivity index (χ3n) is 2.44. The van der Waals surface area contributed by atoms with E-state index < -0.39 is 10.0 Å². The quantitative estimate of drug-likeness (QED) is 0.730. The number of anilines is 1. The van der Waals surface area contributed by atoms with Gasteiger partial charge in [0.1, 0.15) is 12.4 Å². The van der Waals surface area contributed by atoms with Gasteiger partial charge in [0.05, 0.1) is 18.5 Å². The van der Waals surface area contributed by atoms with Crippen molar-refractivity contribution in [2.24, 2.45) is 0 Å². The Kier molecular flexibility index (Phi) is 4.59. The average molecular weight is 297 g/mol. The van der Waals surface area contributed by atoms with Crippen LogP contribution in [-0.4, -0.2) is 25.9 Å². The third kappa shape index (κ3) is 4.56. The highest BCUT2D eigenvalue weighted by atomic mass is 32.2. The summed E-state index contributed by atoms with van der Waals surface area (Å²) in [5.41, 5.74) is 6.15. The zero-order valence-electron chi connectivity index (χ0n) is 10.7. The van der Waals surface area contributed by atoms with E-state index in [9.17, 15) is 8.42 Å². The van der Waals surface area contributed by atoms with Gasteiger partial charge in [-0.25, -0.2) is 13.1 Å². The molecule has 1 aromatic carbocycles. The summed E-state index contributed by atoms with van der Waals surface area (Å²) < 4.78 is 35.9. The molecule has 0 spiro atoms. The topological polar surface area (TPSA) is 107 Å². The highest BCUT2D eigenvalue weighted by Gasteiger charge is 2.11. The van der Waals surface area contributed by atoms with Gasteiger partial charge in [0.2, 0.25) is 10.0 Å². The number of nitrogen functional groups attached to an aromatic ring is 1. The molecule has 0 atom stereocenters. The summed E-state index contributed by atoms with van der Waals surface area (Å²) in [7, 11) is -3.43. The van der Waals surface area contributed by atoms with Gasteiger partial charge < -0.3 is 15.0 Å². The summed E-state index contributed by atoms with van der Waals surface area (Å²) in [6.45, 7) is 0.107. The number of aromatic nitrogens is 1. The SMILES string of the molecule is Nc1cccc(OCCS(=O)(=O)NCc2ccno2)c1. The van der Waals surface area contributed by atoms with E-state index in [1.165, 1.54) is 6.20 Å². The average Bonchev–Trinajstić information content (AvgIpc) is 2.89. The van der Waals surface area contributed by atoms with Gasteiger partial charge in [-0.3, -0.25) is 0 Å². The Morgan fingerprint density at radius 2 is 2.20 bits per heavy atom. The van der Waals surface area contributed by atoms with Crippen LogP contribution in [0.4, 0.5) is 5.69 Å².